The quantitative estimate of drug-likeness (QED) is 0.756. The van der Waals surface area contributed by atoms with Gasteiger partial charge in [0.2, 0.25) is 5.91 Å². The van der Waals surface area contributed by atoms with Gasteiger partial charge in [-0.25, -0.2) is 0 Å². The lowest BCUT2D eigenvalue weighted by atomic mass is 10.1. The molecular formula is C12H24N2O. The van der Waals surface area contributed by atoms with Gasteiger partial charge in [-0.05, 0) is 19.3 Å². The molecule has 1 aliphatic rings. The molecular weight excluding hydrogens is 188 g/mol. The first-order valence-electron chi connectivity index (χ1n) is 6.19. The van der Waals surface area contributed by atoms with E-state index >= 15 is 0 Å². The molecule has 1 rings (SSSR count). The zero-order valence-corrected chi connectivity index (χ0v) is 10.0. The molecule has 1 fully saturated rings. The highest BCUT2D eigenvalue weighted by molar-refractivity contribution is 5.81. The Balaban J connectivity index is 2.36. The molecule has 0 aliphatic heterocycles. The van der Waals surface area contributed by atoms with Gasteiger partial charge in [0.15, 0.2) is 0 Å². The van der Waals surface area contributed by atoms with E-state index in [1.165, 1.54) is 12.8 Å². The number of rotatable bonds is 5. The molecule has 1 atom stereocenters. The normalized spacial score (nSPS) is 19.1. The molecule has 1 unspecified atom stereocenters. The molecule has 0 heterocycles. The molecule has 2 N–H and O–H groups in total. The van der Waals surface area contributed by atoms with E-state index in [0.717, 1.165) is 32.1 Å². The fourth-order valence-electron chi connectivity index (χ4n) is 2.28. The lowest BCUT2D eigenvalue weighted by molar-refractivity contribution is -0.133. The topological polar surface area (TPSA) is 46.3 Å². The van der Waals surface area contributed by atoms with Crippen LogP contribution < -0.4 is 5.73 Å². The minimum Gasteiger partial charge on any atom is -0.341 e. The van der Waals surface area contributed by atoms with Crippen molar-refractivity contribution in [3.63, 3.8) is 0 Å². The molecule has 0 bridgehead atoms. The molecule has 3 nitrogen and oxygen atoms in total. The molecule has 1 amide bonds. The van der Waals surface area contributed by atoms with Crippen molar-refractivity contribution in [1.29, 1.82) is 0 Å². The van der Waals surface area contributed by atoms with E-state index in [-0.39, 0.29) is 11.9 Å². The Bertz CT molecular complexity index is 200. The Labute approximate surface area is 93.0 Å². The van der Waals surface area contributed by atoms with Gasteiger partial charge in [0, 0.05) is 13.1 Å². The van der Waals surface area contributed by atoms with Gasteiger partial charge in [0.05, 0.1) is 6.04 Å². The van der Waals surface area contributed by atoms with Crippen molar-refractivity contribution in [2.45, 2.75) is 64.0 Å². The van der Waals surface area contributed by atoms with Crippen LogP contribution in [0.2, 0.25) is 0 Å². The molecule has 0 aromatic carbocycles. The zero-order valence-electron chi connectivity index (χ0n) is 10.0. The van der Waals surface area contributed by atoms with E-state index in [1.54, 1.807) is 0 Å². The van der Waals surface area contributed by atoms with Gasteiger partial charge in [-0.3, -0.25) is 4.79 Å². The molecule has 0 radical (unpaired) electrons. The predicted octanol–water partition coefficient (Wildman–Crippen LogP) is 1.90. The monoisotopic (exact) mass is 212 g/mol. The first-order chi connectivity index (χ1) is 7.16. The van der Waals surface area contributed by atoms with Gasteiger partial charge < -0.3 is 10.6 Å². The fraction of sp³-hybridized carbons (Fsp3) is 0.917. The van der Waals surface area contributed by atoms with Gasteiger partial charge in [0.1, 0.15) is 0 Å². The summed E-state index contributed by atoms with van der Waals surface area (Å²) in [6, 6.07) is 0.167. The minimum atomic E-state index is -0.282. The Morgan fingerprint density at radius 2 is 2.07 bits per heavy atom. The van der Waals surface area contributed by atoms with Crippen LogP contribution >= 0.6 is 0 Å². The summed E-state index contributed by atoms with van der Waals surface area (Å²) in [4.78, 5) is 13.8. The predicted molar refractivity (Wildman–Crippen MR) is 62.5 cm³/mol. The maximum Gasteiger partial charge on any atom is 0.239 e. The van der Waals surface area contributed by atoms with Crippen molar-refractivity contribution in [2.24, 2.45) is 5.73 Å². The number of carbonyl (C=O) groups excluding carboxylic acids is 1. The van der Waals surface area contributed by atoms with Crippen LogP contribution in [-0.4, -0.2) is 29.9 Å². The van der Waals surface area contributed by atoms with Crippen molar-refractivity contribution in [1.82, 2.24) is 4.90 Å². The first kappa shape index (κ1) is 12.5. The summed E-state index contributed by atoms with van der Waals surface area (Å²) in [6.07, 6.45) is 7.80. The van der Waals surface area contributed by atoms with Crippen molar-refractivity contribution >= 4 is 5.91 Å². The van der Waals surface area contributed by atoms with Gasteiger partial charge in [-0.2, -0.15) is 0 Å². The number of carbonyl (C=O) groups is 1. The van der Waals surface area contributed by atoms with Crippen LogP contribution in [0.3, 0.4) is 0 Å². The van der Waals surface area contributed by atoms with Crippen LogP contribution in [0.4, 0.5) is 0 Å². The Morgan fingerprint density at radius 3 is 2.60 bits per heavy atom. The summed E-state index contributed by atoms with van der Waals surface area (Å²) in [6.45, 7) is 2.12. The second-order valence-electron chi connectivity index (χ2n) is 4.64. The highest BCUT2D eigenvalue weighted by atomic mass is 16.2. The van der Waals surface area contributed by atoms with E-state index in [9.17, 15) is 4.79 Å². The first-order valence-corrected chi connectivity index (χ1v) is 6.19. The summed E-state index contributed by atoms with van der Waals surface area (Å²) in [7, 11) is 1.91. The third kappa shape index (κ3) is 3.49. The number of likely N-dealkylation sites (N-methyl/N-ethyl adjacent to an activating group) is 1. The van der Waals surface area contributed by atoms with Crippen molar-refractivity contribution < 1.29 is 4.79 Å². The smallest absolute Gasteiger partial charge is 0.239 e. The lowest BCUT2D eigenvalue weighted by Crippen LogP contribution is -2.45. The van der Waals surface area contributed by atoms with Gasteiger partial charge in [-0.15, -0.1) is 0 Å². The van der Waals surface area contributed by atoms with Gasteiger partial charge in [0.25, 0.3) is 0 Å². The molecule has 0 aromatic heterocycles. The molecule has 1 aliphatic carbocycles. The van der Waals surface area contributed by atoms with Crippen LogP contribution in [0, 0.1) is 0 Å². The summed E-state index contributed by atoms with van der Waals surface area (Å²) >= 11 is 0. The van der Waals surface area contributed by atoms with E-state index in [0.29, 0.717) is 6.04 Å². The van der Waals surface area contributed by atoms with Crippen LogP contribution in [0.15, 0.2) is 0 Å². The fourth-order valence-corrected chi connectivity index (χ4v) is 2.28. The minimum absolute atomic E-state index is 0.135. The standard InChI is InChI=1S/C12H24N2O/c1-3-4-9-11(13)12(15)14(2)10-7-5-6-8-10/h10-11H,3-9,13H2,1-2H3. The maximum absolute atomic E-state index is 11.9. The molecule has 15 heavy (non-hydrogen) atoms. The number of nitrogens with two attached hydrogens (primary N) is 1. The van der Waals surface area contributed by atoms with Crippen LogP contribution in [0.1, 0.15) is 51.9 Å². The summed E-state index contributed by atoms with van der Waals surface area (Å²) in [5.41, 5.74) is 5.88. The molecule has 1 saturated carbocycles. The lowest BCUT2D eigenvalue weighted by Gasteiger charge is -2.27. The highest BCUT2D eigenvalue weighted by Crippen LogP contribution is 2.22. The summed E-state index contributed by atoms with van der Waals surface area (Å²) < 4.78 is 0. The number of nitrogens with zero attached hydrogens (tertiary/aromatic N) is 1. The van der Waals surface area contributed by atoms with E-state index < -0.39 is 0 Å². The van der Waals surface area contributed by atoms with Crippen molar-refractivity contribution in [2.75, 3.05) is 7.05 Å². The second-order valence-corrected chi connectivity index (χ2v) is 4.64. The molecule has 3 heteroatoms. The largest absolute Gasteiger partial charge is 0.341 e. The Hall–Kier alpha value is -0.570. The number of hydrogen-bond acceptors (Lipinski definition) is 2. The van der Waals surface area contributed by atoms with Crippen molar-refractivity contribution in [3.05, 3.63) is 0 Å². The Kier molecular flexibility index (Phi) is 5.09. The van der Waals surface area contributed by atoms with E-state index in [4.69, 9.17) is 5.73 Å². The zero-order chi connectivity index (χ0) is 11.3. The van der Waals surface area contributed by atoms with Crippen molar-refractivity contribution in [3.8, 4) is 0 Å². The average molecular weight is 212 g/mol. The molecule has 0 saturated heterocycles. The third-order valence-electron chi connectivity index (χ3n) is 3.41. The molecule has 88 valence electrons. The number of unbranched alkanes of at least 4 members (excludes halogenated alkanes) is 1. The molecule has 0 spiro atoms. The maximum atomic E-state index is 11.9. The van der Waals surface area contributed by atoms with Crippen LogP contribution in [-0.2, 0) is 4.79 Å². The number of hydrogen-bond donors (Lipinski definition) is 1. The Morgan fingerprint density at radius 1 is 1.47 bits per heavy atom. The van der Waals surface area contributed by atoms with Gasteiger partial charge in [-0.1, -0.05) is 32.6 Å². The highest BCUT2D eigenvalue weighted by Gasteiger charge is 2.26. The molecule has 0 aromatic rings. The third-order valence-corrected chi connectivity index (χ3v) is 3.41. The van der Waals surface area contributed by atoms with E-state index in [2.05, 4.69) is 6.92 Å². The van der Waals surface area contributed by atoms with E-state index in [1.807, 2.05) is 11.9 Å². The second kappa shape index (κ2) is 6.11. The SMILES string of the molecule is CCCCC(N)C(=O)N(C)C1CCCC1. The van der Waals surface area contributed by atoms with Crippen LogP contribution in [0.5, 0.6) is 0 Å². The van der Waals surface area contributed by atoms with Crippen LogP contribution in [0.25, 0.3) is 0 Å². The average Bonchev–Trinajstić information content (AvgIpc) is 2.77. The summed E-state index contributed by atoms with van der Waals surface area (Å²) in [5, 5.41) is 0. The summed E-state index contributed by atoms with van der Waals surface area (Å²) in [5.74, 6) is 0.135. The number of amides is 1. The van der Waals surface area contributed by atoms with Gasteiger partial charge >= 0.3 is 0 Å².